The highest BCUT2D eigenvalue weighted by molar-refractivity contribution is 5.96. The first-order valence-electron chi connectivity index (χ1n) is 7.80. The number of aliphatic carboxylic acids is 1. The Labute approximate surface area is 130 Å². The molecule has 1 fully saturated rings. The third-order valence-corrected chi connectivity index (χ3v) is 3.98. The zero-order valence-corrected chi connectivity index (χ0v) is 13.1. The van der Waals surface area contributed by atoms with E-state index in [2.05, 4.69) is 0 Å². The van der Waals surface area contributed by atoms with Crippen LogP contribution < -0.4 is 14.7 Å². The summed E-state index contributed by atoms with van der Waals surface area (Å²) in [7, 11) is 0. The maximum atomic E-state index is 12.3. The molecule has 1 aliphatic rings. The lowest BCUT2D eigenvalue weighted by Crippen LogP contribution is -3.14. The van der Waals surface area contributed by atoms with Crippen molar-refractivity contribution in [2.45, 2.75) is 32.8 Å². The normalized spacial score (nSPS) is 21.6. The maximum Gasteiger partial charge on any atom is 0.216 e. The third-order valence-electron chi connectivity index (χ3n) is 3.98. The Morgan fingerprint density at radius 1 is 1.23 bits per heavy atom. The minimum absolute atomic E-state index is 0.0815. The molecule has 0 aromatic heterocycles. The maximum absolute atomic E-state index is 12.3. The van der Waals surface area contributed by atoms with Crippen molar-refractivity contribution in [3.05, 3.63) is 29.8 Å². The minimum Gasteiger partial charge on any atom is -0.550 e. The summed E-state index contributed by atoms with van der Waals surface area (Å²) in [6.07, 6.45) is 1.29. The molecule has 0 amide bonds. The van der Waals surface area contributed by atoms with Gasteiger partial charge in [-0.15, -0.1) is 0 Å². The molecule has 0 atom stereocenters. The summed E-state index contributed by atoms with van der Waals surface area (Å²) < 4.78 is 5.56. The van der Waals surface area contributed by atoms with Gasteiger partial charge in [-0.1, -0.05) is 0 Å². The van der Waals surface area contributed by atoms with Crippen molar-refractivity contribution in [1.82, 2.24) is 0 Å². The standard InChI is InChI=1S/C17H23NO4/c1-12(2)22-15-5-3-13(4-6-15)16(19)11-18-9-7-14(8-10-18)17(20)21/h3-6,12,14H,7-11H2,1-2H3,(H,20,21). The van der Waals surface area contributed by atoms with Gasteiger partial charge in [-0.3, -0.25) is 4.79 Å². The van der Waals surface area contributed by atoms with Gasteiger partial charge in [0.2, 0.25) is 5.78 Å². The zero-order chi connectivity index (χ0) is 16.1. The van der Waals surface area contributed by atoms with Crippen LogP contribution in [0.4, 0.5) is 0 Å². The van der Waals surface area contributed by atoms with E-state index >= 15 is 0 Å². The van der Waals surface area contributed by atoms with E-state index in [1.165, 1.54) is 0 Å². The second-order valence-corrected chi connectivity index (χ2v) is 6.13. The van der Waals surface area contributed by atoms with Crippen molar-refractivity contribution in [1.29, 1.82) is 0 Å². The molecule has 1 heterocycles. The smallest absolute Gasteiger partial charge is 0.216 e. The van der Waals surface area contributed by atoms with E-state index in [1.807, 2.05) is 26.0 Å². The van der Waals surface area contributed by atoms with Crippen LogP contribution in [0.5, 0.6) is 5.75 Å². The molecule has 0 saturated carbocycles. The molecule has 1 aliphatic heterocycles. The van der Waals surface area contributed by atoms with Crippen molar-refractivity contribution < 1.29 is 24.3 Å². The summed E-state index contributed by atoms with van der Waals surface area (Å²) in [6, 6.07) is 7.19. The summed E-state index contributed by atoms with van der Waals surface area (Å²) in [5.41, 5.74) is 0.672. The van der Waals surface area contributed by atoms with Crippen LogP contribution in [0.3, 0.4) is 0 Å². The van der Waals surface area contributed by atoms with Crippen LogP contribution in [0.2, 0.25) is 0 Å². The second kappa shape index (κ2) is 7.40. The number of carboxylic acids is 1. The molecule has 1 aromatic carbocycles. The van der Waals surface area contributed by atoms with E-state index in [0.717, 1.165) is 10.6 Å². The molecule has 0 spiro atoms. The molecular weight excluding hydrogens is 282 g/mol. The molecule has 0 unspecified atom stereocenters. The Kier molecular flexibility index (Phi) is 5.55. The molecule has 1 aromatic rings. The summed E-state index contributed by atoms with van der Waals surface area (Å²) >= 11 is 0. The number of carbonyl (C=O) groups excluding carboxylic acids is 2. The highest BCUT2D eigenvalue weighted by atomic mass is 16.5. The van der Waals surface area contributed by atoms with E-state index < -0.39 is 5.97 Å². The van der Waals surface area contributed by atoms with E-state index in [0.29, 0.717) is 38.0 Å². The van der Waals surface area contributed by atoms with Gasteiger partial charge < -0.3 is 19.5 Å². The van der Waals surface area contributed by atoms with Gasteiger partial charge in [0, 0.05) is 30.3 Å². The van der Waals surface area contributed by atoms with Gasteiger partial charge in [0.1, 0.15) is 12.3 Å². The summed E-state index contributed by atoms with van der Waals surface area (Å²) in [5.74, 6) is -0.482. The molecule has 2 rings (SSSR count). The molecule has 0 bridgehead atoms. The first-order chi connectivity index (χ1) is 10.5. The largest absolute Gasteiger partial charge is 0.550 e. The first-order valence-corrected chi connectivity index (χ1v) is 7.80. The highest BCUT2D eigenvalue weighted by Crippen LogP contribution is 2.14. The number of rotatable bonds is 6. The molecular formula is C17H23NO4. The van der Waals surface area contributed by atoms with Crippen molar-refractivity contribution in [2.24, 2.45) is 5.92 Å². The van der Waals surface area contributed by atoms with Crippen LogP contribution >= 0.6 is 0 Å². The number of ether oxygens (including phenoxy) is 1. The van der Waals surface area contributed by atoms with Gasteiger partial charge >= 0.3 is 0 Å². The number of nitrogens with one attached hydrogen (secondary N) is 1. The zero-order valence-electron chi connectivity index (χ0n) is 13.1. The quantitative estimate of drug-likeness (QED) is 0.733. The van der Waals surface area contributed by atoms with Crippen LogP contribution in [0.25, 0.3) is 0 Å². The number of piperidine rings is 1. The monoisotopic (exact) mass is 305 g/mol. The van der Waals surface area contributed by atoms with Crippen molar-refractivity contribution >= 4 is 11.8 Å². The predicted molar refractivity (Wildman–Crippen MR) is 79.8 cm³/mol. The van der Waals surface area contributed by atoms with Crippen LogP contribution in [-0.2, 0) is 4.79 Å². The summed E-state index contributed by atoms with van der Waals surface area (Å²) in [4.78, 5) is 24.2. The number of carboxylic acid groups (broad SMARTS) is 1. The van der Waals surface area contributed by atoms with Gasteiger partial charge in [0.25, 0.3) is 0 Å². The van der Waals surface area contributed by atoms with Gasteiger partial charge in [-0.25, -0.2) is 0 Å². The van der Waals surface area contributed by atoms with E-state index in [-0.39, 0.29) is 17.8 Å². The SMILES string of the molecule is CC(C)Oc1ccc(C(=O)C[NH+]2CCC(C(=O)[O-])CC2)cc1. The van der Waals surface area contributed by atoms with Crippen molar-refractivity contribution in [3.63, 3.8) is 0 Å². The van der Waals surface area contributed by atoms with E-state index in [4.69, 9.17) is 4.74 Å². The number of hydrogen-bond donors (Lipinski definition) is 1. The van der Waals surface area contributed by atoms with Gasteiger partial charge in [-0.05, 0) is 38.1 Å². The third kappa shape index (κ3) is 4.56. The Hall–Kier alpha value is -1.88. The van der Waals surface area contributed by atoms with Crippen LogP contribution in [0.15, 0.2) is 24.3 Å². The molecule has 120 valence electrons. The molecule has 0 radical (unpaired) electrons. The van der Waals surface area contributed by atoms with E-state index in [9.17, 15) is 14.7 Å². The average Bonchev–Trinajstić information content (AvgIpc) is 2.48. The number of likely N-dealkylation sites (tertiary alicyclic amines) is 1. The number of Topliss-reactive ketones (excluding diaryl/α,β-unsaturated/α-hetero) is 1. The van der Waals surface area contributed by atoms with Crippen LogP contribution in [-0.4, -0.2) is 37.5 Å². The lowest BCUT2D eigenvalue weighted by atomic mass is 9.97. The van der Waals surface area contributed by atoms with Crippen LogP contribution in [0, 0.1) is 5.92 Å². The Bertz CT molecular complexity index is 516. The number of benzene rings is 1. The Morgan fingerprint density at radius 2 is 1.82 bits per heavy atom. The number of quaternary nitrogens is 1. The Morgan fingerprint density at radius 3 is 2.32 bits per heavy atom. The molecule has 0 aliphatic carbocycles. The number of ketones is 1. The van der Waals surface area contributed by atoms with Gasteiger partial charge in [-0.2, -0.15) is 0 Å². The summed E-state index contributed by atoms with van der Waals surface area (Å²) in [6.45, 7) is 5.74. The molecule has 22 heavy (non-hydrogen) atoms. The van der Waals surface area contributed by atoms with Gasteiger partial charge in [0.15, 0.2) is 0 Å². The summed E-state index contributed by atoms with van der Waals surface area (Å²) in [5, 5.41) is 10.8. The lowest BCUT2D eigenvalue weighted by Gasteiger charge is -2.29. The molecule has 5 heteroatoms. The van der Waals surface area contributed by atoms with Crippen molar-refractivity contribution in [3.8, 4) is 5.75 Å². The minimum atomic E-state index is -0.967. The Balaban J connectivity index is 1.86. The fourth-order valence-electron chi connectivity index (χ4n) is 2.76. The number of carbonyl (C=O) groups is 2. The fourth-order valence-corrected chi connectivity index (χ4v) is 2.76. The van der Waals surface area contributed by atoms with Crippen LogP contribution in [0.1, 0.15) is 37.0 Å². The topological polar surface area (TPSA) is 70.9 Å². The second-order valence-electron chi connectivity index (χ2n) is 6.13. The highest BCUT2D eigenvalue weighted by Gasteiger charge is 2.24. The molecule has 1 N–H and O–H groups in total. The van der Waals surface area contributed by atoms with Gasteiger partial charge in [0.05, 0.1) is 19.2 Å². The fraction of sp³-hybridized carbons (Fsp3) is 0.529. The molecule has 5 nitrogen and oxygen atoms in total. The number of hydrogen-bond acceptors (Lipinski definition) is 4. The van der Waals surface area contributed by atoms with Crippen molar-refractivity contribution in [2.75, 3.05) is 19.6 Å². The lowest BCUT2D eigenvalue weighted by molar-refractivity contribution is -0.897. The molecule has 1 saturated heterocycles. The predicted octanol–water partition coefficient (Wildman–Crippen LogP) is -0.299. The van der Waals surface area contributed by atoms with E-state index in [1.54, 1.807) is 12.1 Å². The average molecular weight is 305 g/mol. The first kappa shape index (κ1) is 16.5.